The van der Waals surface area contributed by atoms with Crippen LogP contribution in [0.1, 0.15) is 11.1 Å². The number of oxime groups is 1. The second kappa shape index (κ2) is 10.3. The molecule has 0 amide bonds. The molecule has 0 saturated carbocycles. The first kappa shape index (κ1) is 19.8. The summed E-state index contributed by atoms with van der Waals surface area (Å²) in [6.45, 7) is 0. The third-order valence-corrected chi connectivity index (χ3v) is 5.04. The van der Waals surface area contributed by atoms with Crippen LogP contribution in [0, 0.1) is 6.20 Å². The minimum Gasteiger partial charge on any atom is -0.390 e. The largest absolute Gasteiger partial charge is 0.390 e. The van der Waals surface area contributed by atoms with Crippen molar-refractivity contribution in [3.05, 3.63) is 107 Å². The Morgan fingerprint density at radius 3 is 2.90 bits per heavy atom. The van der Waals surface area contributed by atoms with Crippen LogP contribution >= 0.6 is 23.5 Å². The van der Waals surface area contributed by atoms with Gasteiger partial charge in [0.2, 0.25) is 0 Å². The van der Waals surface area contributed by atoms with Gasteiger partial charge in [0.15, 0.2) is 0 Å². The summed E-state index contributed by atoms with van der Waals surface area (Å²) in [6, 6.07) is 9.51. The van der Waals surface area contributed by atoms with E-state index in [0.717, 1.165) is 28.1 Å². The molecule has 0 bridgehead atoms. The SMILES string of the molecule is [c]1[nH]sccc(C2=NOC=CC=C2)c(-c2ccccco[nH]2)c1C1=NSC=CC=C1. The van der Waals surface area contributed by atoms with E-state index in [1.165, 1.54) is 29.7 Å². The number of aromatic nitrogens is 2. The predicted molar refractivity (Wildman–Crippen MR) is 123 cm³/mol. The molecule has 8 heteroatoms. The summed E-state index contributed by atoms with van der Waals surface area (Å²) in [4.78, 5) is 5.28. The van der Waals surface area contributed by atoms with E-state index >= 15 is 0 Å². The predicted octanol–water partition coefficient (Wildman–Crippen LogP) is 6.04. The normalized spacial score (nSPS) is 14.7. The monoisotopic (exact) mass is 433 g/mol. The molecule has 0 saturated heterocycles. The molecule has 0 fully saturated rings. The Hall–Kier alpha value is -3.49. The second-order valence-electron chi connectivity index (χ2n) is 5.86. The topological polar surface area (TPSA) is 78.7 Å². The van der Waals surface area contributed by atoms with Gasteiger partial charge in [-0.15, -0.1) is 0 Å². The summed E-state index contributed by atoms with van der Waals surface area (Å²) in [5.74, 6) is 0. The fraction of sp³-hybridized carbons (Fsp3) is 0. The van der Waals surface area contributed by atoms with Crippen molar-refractivity contribution in [3.63, 3.8) is 0 Å². The van der Waals surface area contributed by atoms with Gasteiger partial charge < -0.3 is 13.7 Å². The van der Waals surface area contributed by atoms with Crippen LogP contribution in [0.15, 0.2) is 104 Å². The summed E-state index contributed by atoms with van der Waals surface area (Å²) >= 11 is 2.76. The summed E-state index contributed by atoms with van der Waals surface area (Å²) in [5.41, 5.74) is 4.51. The number of H-pyrrole nitrogens is 2. The molecule has 1 radical (unpaired) electrons. The van der Waals surface area contributed by atoms with Crippen LogP contribution in [0.2, 0.25) is 0 Å². The quantitative estimate of drug-likeness (QED) is 0.579. The van der Waals surface area contributed by atoms with Crippen LogP contribution < -0.4 is 0 Å². The Bertz CT molecular complexity index is 1090. The first-order chi connectivity index (χ1) is 14.9. The van der Waals surface area contributed by atoms with Gasteiger partial charge >= 0.3 is 0 Å². The maximum Gasteiger partial charge on any atom is 0.122 e. The molecule has 2 aromatic rings. The highest BCUT2D eigenvalue weighted by atomic mass is 32.2. The van der Waals surface area contributed by atoms with Gasteiger partial charge in [-0.05, 0) is 41.8 Å². The van der Waals surface area contributed by atoms with E-state index < -0.39 is 0 Å². The molecule has 6 nitrogen and oxygen atoms in total. The molecule has 2 aliphatic heterocycles. The number of nitrogens with zero attached hydrogens (tertiary/aromatic N) is 2. The van der Waals surface area contributed by atoms with Crippen molar-refractivity contribution in [1.29, 1.82) is 0 Å². The zero-order valence-electron chi connectivity index (χ0n) is 15.7. The minimum atomic E-state index is 0.654. The zero-order valence-corrected chi connectivity index (χ0v) is 17.3. The molecule has 0 aromatic carbocycles. The van der Waals surface area contributed by atoms with Crippen LogP contribution in [0.5, 0.6) is 0 Å². The molecule has 2 aromatic heterocycles. The Kier molecular flexibility index (Phi) is 6.82. The number of aromatic amines is 2. The minimum absolute atomic E-state index is 0.654. The smallest absolute Gasteiger partial charge is 0.122 e. The number of rotatable bonds is 3. The molecule has 149 valence electrons. The van der Waals surface area contributed by atoms with Crippen molar-refractivity contribution in [3.8, 4) is 11.3 Å². The summed E-state index contributed by atoms with van der Waals surface area (Å²) in [5, 5.41) is 11.1. The fourth-order valence-corrected chi connectivity index (χ4v) is 3.63. The van der Waals surface area contributed by atoms with Gasteiger partial charge in [-0.1, -0.05) is 47.0 Å². The van der Waals surface area contributed by atoms with E-state index in [0.29, 0.717) is 5.71 Å². The van der Waals surface area contributed by atoms with E-state index in [-0.39, 0.29) is 0 Å². The van der Waals surface area contributed by atoms with E-state index in [1.807, 2.05) is 65.4 Å². The van der Waals surface area contributed by atoms with Crippen molar-refractivity contribution in [2.45, 2.75) is 0 Å². The Balaban J connectivity index is 2.06. The molecule has 0 unspecified atom stereocenters. The lowest BCUT2D eigenvalue weighted by molar-refractivity contribution is 0.270. The fourth-order valence-electron chi connectivity index (χ4n) is 2.71. The molecule has 0 atom stereocenters. The van der Waals surface area contributed by atoms with E-state index in [1.54, 1.807) is 18.4 Å². The molecule has 0 aliphatic carbocycles. The average Bonchev–Trinajstić information content (AvgIpc) is 3.14. The van der Waals surface area contributed by atoms with Gasteiger partial charge in [0.1, 0.15) is 18.2 Å². The first-order valence-corrected chi connectivity index (χ1v) is 10.7. The lowest BCUT2D eigenvalue weighted by Gasteiger charge is -2.12. The van der Waals surface area contributed by atoms with Crippen LogP contribution in [0.25, 0.3) is 11.3 Å². The van der Waals surface area contributed by atoms with Crippen LogP contribution in [-0.2, 0) is 4.84 Å². The lowest BCUT2D eigenvalue weighted by Crippen LogP contribution is -2.06. The molecule has 0 spiro atoms. The van der Waals surface area contributed by atoms with Gasteiger partial charge in [0, 0.05) is 34.0 Å². The number of hydrogen-bond donors (Lipinski definition) is 2. The third-order valence-electron chi connectivity index (χ3n) is 3.97. The number of hydrogen-bond acceptors (Lipinski definition) is 6. The highest BCUT2D eigenvalue weighted by Gasteiger charge is 2.17. The van der Waals surface area contributed by atoms with Gasteiger partial charge in [0.25, 0.3) is 0 Å². The standard InChI is InChI=1S/C22H17N4O2S2/c1-2-10-21(25-28-12-5-1)22-17(19-8-3-6-13-27-24-19)11-15-29-23-16-18(22)20-9-4-7-14-30-26-20/h1-15,23,25H. The van der Waals surface area contributed by atoms with E-state index in [9.17, 15) is 0 Å². The highest BCUT2D eigenvalue weighted by Crippen LogP contribution is 2.28. The summed E-state index contributed by atoms with van der Waals surface area (Å²) in [6.07, 6.45) is 17.8. The van der Waals surface area contributed by atoms with Gasteiger partial charge in [0.05, 0.1) is 17.6 Å². The third kappa shape index (κ3) is 4.91. The summed E-state index contributed by atoms with van der Waals surface area (Å²) in [7, 11) is 0. The lowest BCUT2D eigenvalue weighted by atomic mass is 9.95. The van der Waals surface area contributed by atoms with Crippen LogP contribution in [0.3, 0.4) is 0 Å². The van der Waals surface area contributed by atoms with E-state index in [2.05, 4.69) is 25.3 Å². The molecule has 2 aliphatic rings. The van der Waals surface area contributed by atoms with E-state index in [4.69, 9.17) is 9.36 Å². The Morgan fingerprint density at radius 2 is 1.90 bits per heavy atom. The van der Waals surface area contributed by atoms with Crippen LogP contribution in [0.4, 0.5) is 0 Å². The van der Waals surface area contributed by atoms with Crippen molar-refractivity contribution in [2.24, 2.45) is 9.55 Å². The van der Waals surface area contributed by atoms with Crippen molar-refractivity contribution in [1.82, 2.24) is 9.53 Å². The maximum absolute atomic E-state index is 5.48. The summed E-state index contributed by atoms with van der Waals surface area (Å²) < 4.78 is 13.2. The first-order valence-electron chi connectivity index (χ1n) is 8.98. The van der Waals surface area contributed by atoms with Gasteiger partial charge in [-0.25, -0.2) is 9.55 Å². The highest BCUT2D eigenvalue weighted by molar-refractivity contribution is 8.01. The Morgan fingerprint density at radius 1 is 0.967 bits per heavy atom. The van der Waals surface area contributed by atoms with Gasteiger partial charge in [-0.2, -0.15) is 0 Å². The van der Waals surface area contributed by atoms with Crippen molar-refractivity contribution >= 4 is 34.9 Å². The number of allylic oxidation sites excluding steroid dienone is 6. The zero-order chi connectivity index (χ0) is 20.4. The number of nitrogens with one attached hydrogen (secondary N) is 2. The van der Waals surface area contributed by atoms with Gasteiger partial charge in [-0.3, -0.25) is 0 Å². The molecule has 2 N–H and O–H groups in total. The second-order valence-corrected chi connectivity index (χ2v) is 7.24. The van der Waals surface area contributed by atoms with Crippen LogP contribution in [-0.4, -0.2) is 21.0 Å². The van der Waals surface area contributed by atoms with Crippen molar-refractivity contribution < 1.29 is 9.36 Å². The maximum atomic E-state index is 5.48. The average molecular weight is 434 g/mol. The molecular weight excluding hydrogens is 416 g/mol. The molecule has 30 heavy (non-hydrogen) atoms. The molecular formula is C22H17N4O2S2. The Labute approximate surface area is 182 Å². The molecule has 4 rings (SSSR count). The molecule has 4 heterocycles. The van der Waals surface area contributed by atoms with Crippen molar-refractivity contribution in [2.75, 3.05) is 0 Å².